The summed E-state index contributed by atoms with van der Waals surface area (Å²) >= 11 is 0. The van der Waals surface area contributed by atoms with E-state index in [4.69, 9.17) is 9.47 Å². The minimum Gasteiger partial charge on any atom is -0.497 e. The van der Waals surface area contributed by atoms with E-state index >= 15 is 0 Å². The van der Waals surface area contributed by atoms with Crippen molar-refractivity contribution in [2.45, 2.75) is 13.0 Å². The number of amides is 1. The third kappa shape index (κ3) is 6.19. The van der Waals surface area contributed by atoms with Gasteiger partial charge in [-0.25, -0.2) is 0 Å². The first-order valence-corrected chi connectivity index (χ1v) is 11.4. The number of benzene rings is 4. The molecular weight excluding hydrogens is 450 g/mol. The number of carbonyl (C=O) groups excluding carboxylic acids is 2. The van der Waals surface area contributed by atoms with Gasteiger partial charge in [0.2, 0.25) is 0 Å². The second-order valence-electron chi connectivity index (χ2n) is 8.08. The van der Waals surface area contributed by atoms with Gasteiger partial charge in [-0.1, -0.05) is 48.2 Å². The molecule has 0 fully saturated rings. The number of rotatable bonds is 7. The molecule has 0 aliphatic carbocycles. The number of hydrogen-bond donors (Lipinski definition) is 1. The van der Waals surface area contributed by atoms with Crippen LogP contribution in [0.3, 0.4) is 0 Å². The van der Waals surface area contributed by atoms with Crippen LogP contribution >= 0.6 is 0 Å². The molecule has 0 radical (unpaired) electrons. The van der Waals surface area contributed by atoms with Crippen LogP contribution in [0.4, 0.5) is 0 Å². The zero-order valence-electron chi connectivity index (χ0n) is 20.0. The fourth-order valence-electron chi connectivity index (χ4n) is 3.59. The van der Waals surface area contributed by atoms with Gasteiger partial charge >= 0.3 is 0 Å². The smallest absolute Gasteiger partial charge is 0.252 e. The van der Waals surface area contributed by atoms with E-state index in [1.54, 1.807) is 31.4 Å². The number of ether oxygens (including phenoxy) is 2. The van der Waals surface area contributed by atoms with Crippen molar-refractivity contribution in [2.24, 2.45) is 0 Å². The highest BCUT2D eigenvalue weighted by Crippen LogP contribution is 2.26. The van der Waals surface area contributed by atoms with Crippen LogP contribution in [-0.4, -0.2) is 19.3 Å². The van der Waals surface area contributed by atoms with Crippen LogP contribution in [0.2, 0.25) is 0 Å². The molecule has 0 bridgehead atoms. The summed E-state index contributed by atoms with van der Waals surface area (Å²) in [5.41, 5.74) is 3.04. The van der Waals surface area contributed by atoms with Gasteiger partial charge in [0.1, 0.15) is 17.2 Å². The molecule has 0 saturated heterocycles. The third-order valence-corrected chi connectivity index (χ3v) is 5.55. The van der Waals surface area contributed by atoms with Gasteiger partial charge in [0.15, 0.2) is 6.29 Å². The largest absolute Gasteiger partial charge is 0.497 e. The highest BCUT2D eigenvalue weighted by molar-refractivity contribution is 6.01. The van der Waals surface area contributed by atoms with Gasteiger partial charge in [0.05, 0.1) is 13.2 Å². The molecule has 0 aliphatic heterocycles. The summed E-state index contributed by atoms with van der Waals surface area (Å²) in [6.45, 7) is 1.89. The van der Waals surface area contributed by atoms with Crippen molar-refractivity contribution in [2.75, 3.05) is 7.11 Å². The second-order valence-corrected chi connectivity index (χ2v) is 8.08. The van der Waals surface area contributed by atoms with Crippen molar-refractivity contribution in [1.82, 2.24) is 5.32 Å². The molecule has 1 N–H and O–H groups in total. The maximum absolute atomic E-state index is 12.9. The van der Waals surface area contributed by atoms with Crippen LogP contribution in [0.1, 0.15) is 50.4 Å². The molecule has 4 rings (SSSR count). The highest BCUT2D eigenvalue weighted by atomic mass is 16.5. The van der Waals surface area contributed by atoms with Crippen molar-refractivity contribution < 1.29 is 19.1 Å². The van der Waals surface area contributed by atoms with E-state index < -0.39 is 0 Å². The monoisotopic (exact) mass is 475 g/mol. The zero-order valence-corrected chi connectivity index (χ0v) is 20.0. The summed E-state index contributed by atoms with van der Waals surface area (Å²) in [6, 6.07) is 29.1. The summed E-state index contributed by atoms with van der Waals surface area (Å²) in [6.07, 6.45) is 0.679. The molecule has 4 aromatic carbocycles. The van der Waals surface area contributed by atoms with Crippen LogP contribution in [0.5, 0.6) is 17.2 Å². The van der Waals surface area contributed by atoms with E-state index in [-0.39, 0.29) is 11.9 Å². The average Bonchev–Trinajstić information content (AvgIpc) is 2.92. The van der Waals surface area contributed by atoms with Crippen molar-refractivity contribution in [3.05, 3.63) is 125 Å². The van der Waals surface area contributed by atoms with Gasteiger partial charge in [-0.2, -0.15) is 0 Å². The molecule has 1 unspecified atom stereocenters. The lowest BCUT2D eigenvalue weighted by Gasteiger charge is -2.16. The Bertz CT molecular complexity index is 1420. The van der Waals surface area contributed by atoms with E-state index in [2.05, 4.69) is 17.2 Å². The molecule has 0 heterocycles. The molecule has 178 valence electrons. The van der Waals surface area contributed by atoms with E-state index in [1.807, 2.05) is 79.7 Å². The molecule has 0 aliphatic rings. The Kier molecular flexibility index (Phi) is 7.80. The summed E-state index contributed by atoms with van der Waals surface area (Å²) in [4.78, 5) is 24.6. The molecule has 5 nitrogen and oxygen atoms in total. The number of carbonyl (C=O) groups is 2. The maximum atomic E-state index is 12.9. The lowest BCUT2D eigenvalue weighted by atomic mass is 10.0. The van der Waals surface area contributed by atoms with E-state index in [1.165, 1.54) is 0 Å². The summed E-state index contributed by atoms with van der Waals surface area (Å²) in [7, 11) is 1.61. The normalized spacial score (nSPS) is 10.9. The van der Waals surface area contributed by atoms with Gasteiger partial charge in [0.25, 0.3) is 5.91 Å². The second kappa shape index (κ2) is 11.5. The molecular formula is C31H25NO4. The Balaban J connectivity index is 1.42. The minimum absolute atomic E-state index is 0.277. The standard InChI is InChI=1S/C31H25NO4/c1-22(25-14-16-27(17-15-25)36-29-10-6-9-28(20-29)35-2)32-31(34)30-18-13-24(19-26(30)21-33)12-11-23-7-4-3-5-8-23/h3-10,13-22H,1-2H3,(H,32,34). The molecule has 1 atom stereocenters. The number of methoxy groups -OCH3 is 1. The van der Waals surface area contributed by atoms with E-state index in [0.717, 1.165) is 11.1 Å². The van der Waals surface area contributed by atoms with Crippen molar-refractivity contribution in [3.8, 4) is 29.1 Å². The predicted octanol–water partition coefficient (Wildman–Crippen LogP) is 6.19. The average molecular weight is 476 g/mol. The molecule has 0 aromatic heterocycles. The van der Waals surface area contributed by atoms with Crippen LogP contribution in [0.15, 0.2) is 97.1 Å². The Labute approximate surface area is 210 Å². The maximum Gasteiger partial charge on any atom is 0.252 e. The fraction of sp³-hybridized carbons (Fsp3) is 0.0968. The Morgan fingerprint density at radius 3 is 2.25 bits per heavy atom. The van der Waals surface area contributed by atoms with E-state index in [0.29, 0.717) is 40.2 Å². The lowest BCUT2D eigenvalue weighted by Crippen LogP contribution is -2.27. The molecule has 1 amide bonds. The molecule has 0 spiro atoms. The Morgan fingerprint density at radius 1 is 0.806 bits per heavy atom. The third-order valence-electron chi connectivity index (χ3n) is 5.55. The van der Waals surface area contributed by atoms with Gasteiger partial charge in [-0.05, 0) is 67.1 Å². The van der Waals surface area contributed by atoms with Crippen molar-refractivity contribution >= 4 is 12.2 Å². The Hall–Kier alpha value is -4.82. The van der Waals surface area contributed by atoms with Gasteiger partial charge in [-0.15, -0.1) is 0 Å². The highest BCUT2D eigenvalue weighted by Gasteiger charge is 2.15. The zero-order chi connectivity index (χ0) is 25.3. The van der Waals surface area contributed by atoms with Crippen LogP contribution in [0.25, 0.3) is 0 Å². The number of aldehydes is 1. The Morgan fingerprint density at radius 2 is 1.53 bits per heavy atom. The first kappa shape index (κ1) is 24.3. The van der Waals surface area contributed by atoms with Gasteiger partial charge in [0, 0.05) is 28.3 Å². The number of nitrogens with one attached hydrogen (secondary N) is 1. The molecule has 5 heteroatoms. The summed E-state index contributed by atoms with van der Waals surface area (Å²) < 4.78 is 11.1. The van der Waals surface area contributed by atoms with E-state index in [9.17, 15) is 9.59 Å². The SMILES string of the molecule is COc1cccc(Oc2ccc(C(C)NC(=O)c3ccc(C#Cc4ccccc4)cc3C=O)cc2)c1. The summed E-state index contributed by atoms with van der Waals surface area (Å²) in [5, 5.41) is 2.96. The topological polar surface area (TPSA) is 64.6 Å². The van der Waals surface area contributed by atoms with Crippen molar-refractivity contribution in [1.29, 1.82) is 0 Å². The van der Waals surface area contributed by atoms with Gasteiger partial charge in [-0.3, -0.25) is 9.59 Å². The quantitative estimate of drug-likeness (QED) is 0.256. The first-order chi connectivity index (χ1) is 17.6. The molecule has 36 heavy (non-hydrogen) atoms. The predicted molar refractivity (Wildman–Crippen MR) is 140 cm³/mol. The first-order valence-electron chi connectivity index (χ1n) is 11.4. The van der Waals surface area contributed by atoms with Crippen LogP contribution in [-0.2, 0) is 0 Å². The van der Waals surface area contributed by atoms with Crippen LogP contribution in [0, 0.1) is 11.8 Å². The lowest BCUT2D eigenvalue weighted by molar-refractivity contribution is 0.0934. The molecule has 4 aromatic rings. The molecule has 0 saturated carbocycles. The van der Waals surface area contributed by atoms with Crippen LogP contribution < -0.4 is 14.8 Å². The number of hydrogen-bond acceptors (Lipinski definition) is 4. The van der Waals surface area contributed by atoms with Gasteiger partial charge < -0.3 is 14.8 Å². The summed E-state index contributed by atoms with van der Waals surface area (Å²) in [5.74, 6) is 7.82. The van der Waals surface area contributed by atoms with Crippen molar-refractivity contribution in [3.63, 3.8) is 0 Å². The fourth-order valence-corrected chi connectivity index (χ4v) is 3.59. The minimum atomic E-state index is -0.330.